The number of amides is 1. The molecular formula is C12H16ClNO. The predicted molar refractivity (Wildman–Crippen MR) is 63.6 cm³/mol. The Morgan fingerprint density at radius 1 is 1.40 bits per heavy atom. The van der Waals surface area contributed by atoms with Crippen LogP contribution in [0.4, 0.5) is 0 Å². The molecule has 3 heteroatoms. The molecule has 2 nitrogen and oxygen atoms in total. The zero-order valence-corrected chi connectivity index (χ0v) is 10.1. The summed E-state index contributed by atoms with van der Waals surface area (Å²) >= 11 is 5.63. The highest BCUT2D eigenvalue weighted by molar-refractivity contribution is 6.18. The Kier molecular flexibility index (Phi) is 4.15. The maximum atomic E-state index is 11.7. The van der Waals surface area contributed by atoms with Crippen LogP contribution in [0.5, 0.6) is 0 Å². The van der Waals surface area contributed by atoms with Crippen LogP contribution in [0, 0.1) is 13.8 Å². The lowest BCUT2D eigenvalue weighted by Crippen LogP contribution is -2.33. The van der Waals surface area contributed by atoms with Gasteiger partial charge in [-0.15, -0.1) is 11.6 Å². The van der Waals surface area contributed by atoms with Crippen molar-refractivity contribution in [1.29, 1.82) is 0 Å². The van der Waals surface area contributed by atoms with Gasteiger partial charge in [-0.05, 0) is 44.0 Å². The zero-order chi connectivity index (χ0) is 11.4. The minimum Gasteiger partial charge on any atom is -0.348 e. The van der Waals surface area contributed by atoms with E-state index in [2.05, 4.69) is 5.32 Å². The zero-order valence-electron chi connectivity index (χ0n) is 9.30. The Morgan fingerprint density at radius 2 is 2.07 bits per heavy atom. The van der Waals surface area contributed by atoms with E-state index in [0.717, 1.165) is 5.56 Å². The van der Waals surface area contributed by atoms with Crippen molar-refractivity contribution in [3.05, 3.63) is 34.9 Å². The first-order valence-electron chi connectivity index (χ1n) is 4.98. The van der Waals surface area contributed by atoms with E-state index in [1.165, 1.54) is 5.56 Å². The average molecular weight is 226 g/mol. The van der Waals surface area contributed by atoms with E-state index in [-0.39, 0.29) is 11.9 Å². The van der Waals surface area contributed by atoms with E-state index in [1.54, 1.807) is 0 Å². The van der Waals surface area contributed by atoms with Gasteiger partial charge >= 0.3 is 0 Å². The molecule has 0 saturated carbocycles. The van der Waals surface area contributed by atoms with E-state index < -0.39 is 0 Å². The molecule has 0 heterocycles. The molecule has 0 aromatic heterocycles. The molecule has 1 aromatic rings. The summed E-state index contributed by atoms with van der Waals surface area (Å²) in [4.78, 5) is 11.7. The Morgan fingerprint density at radius 3 is 2.60 bits per heavy atom. The molecule has 1 amide bonds. The number of hydrogen-bond donors (Lipinski definition) is 1. The van der Waals surface area contributed by atoms with Gasteiger partial charge in [0.1, 0.15) is 0 Å². The van der Waals surface area contributed by atoms with Crippen molar-refractivity contribution < 1.29 is 4.79 Å². The van der Waals surface area contributed by atoms with Gasteiger partial charge in [0.2, 0.25) is 0 Å². The van der Waals surface area contributed by atoms with Crippen LogP contribution in [0.2, 0.25) is 0 Å². The van der Waals surface area contributed by atoms with Gasteiger partial charge in [-0.3, -0.25) is 4.79 Å². The molecule has 0 radical (unpaired) electrons. The Balaban J connectivity index is 2.78. The summed E-state index contributed by atoms with van der Waals surface area (Å²) in [6, 6.07) is 5.68. The lowest BCUT2D eigenvalue weighted by Gasteiger charge is -2.11. The highest BCUT2D eigenvalue weighted by Crippen LogP contribution is 2.09. The van der Waals surface area contributed by atoms with Gasteiger partial charge in [-0.2, -0.15) is 0 Å². The Labute approximate surface area is 95.6 Å². The summed E-state index contributed by atoms with van der Waals surface area (Å²) in [6.07, 6.45) is 0. The molecular weight excluding hydrogens is 210 g/mol. The first-order chi connectivity index (χ1) is 7.04. The fourth-order valence-electron chi connectivity index (χ4n) is 1.23. The van der Waals surface area contributed by atoms with Gasteiger partial charge in [0, 0.05) is 17.5 Å². The number of rotatable bonds is 3. The molecule has 1 rings (SSSR count). The van der Waals surface area contributed by atoms with E-state index in [0.29, 0.717) is 11.4 Å². The van der Waals surface area contributed by atoms with Crippen molar-refractivity contribution in [1.82, 2.24) is 5.32 Å². The third kappa shape index (κ3) is 3.24. The number of nitrogens with one attached hydrogen (secondary N) is 1. The van der Waals surface area contributed by atoms with E-state index in [1.807, 2.05) is 39.0 Å². The summed E-state index contributed by atoms with van der Waals surface area (Å²) < 4.78 is 0. The number of carbonyl (C=O) groups is 1. The second kappa shape index (κ2) is 5.17. The molecule has 1 atom stereocenters. The van der Waals surface area contributed by atoms with Crippen molar-refractivity contribution in [2.24, 2.45) is 0 Å². The van der Waals surface area contributed by atoms with Gasteiger partial charge in [-0.1, -0.05) is 6.07 Å². The monoisotopic (exact) mass is 225 g/mol. The molecule has 0 aliphatic rings. The van der Waals surface area contributed by atoms with Crippen LogP contribution >= 0.6 is 11.6 Å². The van der Waals surface area contributed by atoms with Crippen molar-refractivity contribution >= 4 is 17.5 Å². The topological polar surface area (TPSA) is 29.1 Å². The highest BCUT2D eigenvalue weighted by Gasteiger charge is 2.09. The second-order valence-corrected chi connectivity index (χ2v) is 4.14. The lowest BCUT2D eigenvalue weighted by atomic mass is 10.1. The second-order valence-electron chi connectivity index (χ2n) is 3.83. The third-order valence-electron chi connectivity index (χ3n) is 2.38. The van der Waals surface area contributed by atoms with Gasteiger partial charge in [0.25, 0.3) is 5.91 Å². The van der Waals surface area contributed by atoms with Crippen molar-refractivity contribution in [2.45, 2.75) is 26.8 Å². The fraction of sp³-hybridized carbons (Fsp3) is 0.417. The van der Waals surface area contributed by atoms with Crippen molar-refractivity contribution in [3.63, 3.8) is 0 Å². The standard InChI is InChI=1S/C12H16ClNO/c1-8-4-5-11(6-9(8)2)12(15)14-10(3)7-13/h4-6,10H,7H2,1-3H3,(H,14,15). The van der Waals surface area contributed by atoms with Gasteiger partial charge in [-0.25, -0.2) is 0 Å². The predicted octanol–water partition coefficient (Wildman–Crippen LogP) is 2.66. The molecule has 0 aliphatic carbocycles. The van der Waals surface area contributed by atoms with Crippen LogP contribution in [0.1, 0.15) is 28.4 Å². The molecule has 0 aliphatic heterocycles. The van der Waals surface area contributed by atoms with Gasteiger partial charge in [0.05, 0.1) is 0 Å². The molecule has 0 saturated heterocycles. The molecule has 0 spiro atoms. The number of benzene rings is 1. The normalized spacial score (nSPS) is 12.3. The molecule has 15 heavy (non-hydrogen) atoms. The number of carbonyl (C=O) groups excluding carboxylic acids is 1. The number of halogens is 1. The number of alkyl halides is 1. The molecule has 1 N–H and O–H groups in total. The largest absolute Gasteiger partial charge is 0.348 e. The van der Waals surface area contributed by atoms with Crippen LogP contribution in [0.3, 0.4) is 0 Å². The summed E-state index contributed by atoms with van der Waals surface area (Å²) in [7, 11) is 0. The molecule has 0 fully saturated rings. The summed E-state index contributed by atoms with van der Waals surface area (Å²) in [5, 5.41) is 2.82. The number of aryl methyl sites for hydroxylation is 2. The van der Waals surface area contributed by atoms with Crippen LogP contribution in [0.25, 0.3) is 0 Å². The first kappa shape index (κ1) is 12.1. The first-order valence-corrected chi connectivity index (χ1v) is 5.52. The van der Waals surface area contributed by atoms with Crippen LogP contribution in [-0.4, -0.2) is 17.8 Å². The molecule has 0 bridgehead atoms. The lowest BCUT2D eigenvalue weighted by molar-refractivity contribution is 0.0943. The van der Waals surface area contributed by atoms with Gasteiger partial charge in [0.15, 0.2) is 0 Å². The third-order valence-corrected chi connectivity index (χ3v) is 2.84. The maximum Gasteiger partial charge on any atom is 0.251 e. The van der Waals surface area contributed by atoms with Crippen LogP contribution < -0.4 is 5.32 Å². The highest BCUT2D eigenvalue weighted by atomic mass is 35.5. The van der Waals surface area contributed by atoms with Crippen molar-refractivity contribution in [3.8, 4) is 0 Å². The molecule has 82 valence electrons. The van der Waals surface area contributed by atoms with Gasteiger partial charge < -0.3 is 5.32 Å². The SMILES string of the molecule is Cc1ccc(C(=O)NC(C)CCl)cc1C. The summed E-state index contributed by atoms with van der Waals surface area (Å²) in [6.45, 7) is 5.90. The van der Waals surface area contributed by atoms with Crippen molar-refractivity contribution in [2.75, 3.05) is 5.88 Å². The quantitative estimate of drug-likeness (QED) is 0.788. The molecule has 1 unspecified atom stereocenters. The van der Waals surface area contributed by atoms with E-state index in [9.17, 15) is 4.79 Å². The Bertz CT molecular complexity index is 363. The fourth-order valence-corrected chi connectivity index (χ4v) is 1.31. The summed E-state index contributed by atoms with van der Waals surface area (Å²) in [5.74, 6) is 0.364. The van der Waals surface area contributed by atoms with E-state index in [4.69, 9.17) is 11.6 Å². The minimum atomic E-state index is -0.0637. The Hall–Kier alpha value is -1.02. The van der Waals surface area contributed by atoms with Crippen LogP contribution in [-0.2, 0) is 0 Å². The average Bonchev–Trinajstić information content (AvgIpc) is 2.21. The smallest absolute Gasteiger partial charge is 0.251 e. The number of hydrogen-bond acceptors (Lipinski definition) is 1. The molecule has 1 aromatic carbocycles. The summed E-state index contributed by atoms with van der Waals surface area (Å²) in [5.41, 5.74) is 3.01. The van der Waals surface area contributed by atoms with Crippen LogP contribution in [0.15, 0.2) is 18.2 Å². The van der Waals surface area contributed by atoms with E-state index >= 15 is 0 Å². The minimum absolute atomic E-state index is 0.000718. The maximum absolute atomic E-state index is 11.7.